The van der Waals surface area contributed by atoms with Gasteiger partial charge in [0.25, 0.3) is 0 Å². The molecule has 1 atom stereocenters. The molecule has 4 rings (SSSR count). The van der Waals surface area contributed by atoms with Gasteiger partial charge in [0.2, 0.25) is 5.91 Å². The quantitative estimate of drug-likeness (QED) is 0.683. The molecule has 8 nitrogen and oxygen atoms in total. The van der Waals surface area contributed by atoms with E-state index in [0.717, 1.165) is 36.7 Å². The molecular formula is C20H21N5O3. The molecule has 1 fully saturated rings. The number of aromatic nitrogens is 4. The summed E-state index contributed by atoms with van der Waals surface area (Å²) in [4.78, 5) is 31.9. The van der Waals surface area contributed by atoms with Gasteiger partial charge in [0.1, 0.15) is 5.69 Å². The second-order valence-electron chi connectivity index (χ2n) is 6.73. The first kappa shape index (κ1) is 18.2. The minimum atomic E-state index is -0.197. The topological polar surface area (TPSA) is 99.0 Å². The normalized spacial score (nSPS) is 16.8. The van der Waals surface area contributed by atoms with Crippen LogP contribution in [0.1, 0.15) is 49.3 Å². The summed E-state index contributed by atoms with van der Waals surface area (Å²) in [5.74, 6) is -0.0791. The molecule has 1 unspecified atom stereocenters. The lowest BCUT2D eigenvalue weighted by molar-refractivity contribution is -0.115. The molecule has 1 N–H and O–H groups in total. The van der Waals surface area contributed by atoms with Crippen LogP contribution in [0.25, 0.3) is 22.2 Å². The van der Waals surface area contributed by atoms with Gasteiger partial charge in [-0.05, 0) is 31.4 Å². The zero-order chi connectivity index (χ0) is 19.5. The molecular weight excluding hydrogens is 358 g/mol. The minimum absolute atomic E-state index is 0.0791. The average molecular weight is 379 g/mol. The monoisotopic (exact) mass is 379 g/mol. The van der Waals surface area contributed by atoms with Crippen LogP contribution in [0.2, 0.25) is 0 Å². The number of anilines is 1. The van der Waals surface area contributed by atoms with E-state index >= 15 is 0 Å². The van der Waals surface area contributed by atoms with E-state index in [1.165, 1.54) is 0 Å². The van der Waals surface area contributed by atoms with Gasteiger partial charge in [0, 0.05) is 36.5 Å². The molecule has 8 heteroatoms. The lowest BCUT2D eigenvalue weighted by atomic mass is 10.1. The molecule has 144 valence electrons. The van der Waals surface area contributed by atoms with E-state index in [1.807, 2.05) is 12.1 Å². The van der Waals surface area contributed by atoms with Crippen molar-refractivity contribution in [1.29, 1.82) is 0 Å². The fourth-order valence-electron chi connectivity index (χ4n) is 3.32. The highest BCUT2D eigenvalue weighted by molar-refractivity contribution is 5.96. The summed E-state index contributed by atoms with van der Waals surface area (Å²) in [6.07, 6.45) is 8.89. The fraction of sp³-hybridized carbons (Fsp3) is 0.350. The van der Waals surface area contributed by atoms with Crippen molar-refractivity contribution in [2.45, 2.75) is 38.8 Å². The van der Waals surface area contributed by atoms with Crippen LogP contribution in [-0.4, -0.2) is 38.5 Å². The maximum Gasteiger partial charge on any atom is 0.224 e. The number of hydrogen-bond acceptors (Lipinski definition) is 6. The van der Waals surface area contributed by atoms with Crippen LogP contribution in [0.15, 0.2) is 30.7 Å². The van der Waals surface area contributed by atoms with Crippen molar-refractivity contribution in [3.8, 4) is 11.1 Å². The Kier molecular flexibility index (Phi) is 5.12. The Hall–Kier alpha value is -3.13. The third-order valence-electron chi connectivity index (χ3n) is 4.79. The van der Waals surface area contributed by atoms with Crippen LogP contribution in [0.5, 0.6) is 0 Å². The van der Waals surface area contributed by atoms with Gasteiger partial charge in [-0.2, -0.15) is 5.10 Å². The highest BCUT2D eigenvalue weighted by atomic mass is 16.5. The van der Waals surface area contributed by atoms with Crippen LogP contribution in [0, 0.1) is 0 Å². The van der Waals surface area contributed by atoms with E-state index in [-0.39, 0.29) is 12.1 Å². The minimum Gasteiger partial charge on any atom is -0.356 e. The Morgan fingerprint density at radius 1 is 1.29 bits per heavy atom. The van der Waals surface area contributed by atoms with Crippen LogP contribution in [-0.2, 0) is 9.53 Å². The molecule has 0 spiro atoms. The zero-order valence-electron chi connectivity index (χ0n) is 15.6. The molecule has 1 aliphatic heterocycles. The van der Waals surface area contributed by atoms with Gasteiger partial charge in [-0.3, -0.25) is 14.6 Å². The highest BCUT2D eigenvalue weighted by Crippen LogP contribution is 2.29. The van der Waals surface area contributed by atoms with Crippen molar-refractivity contribution in [1.82, 2.24) is 19.7 Å². The zero-order valence-corrected chi connectivity index (χ0v) is 15.6. The molecule has 3 aromatic heterocycles. The summed E-state index contributed by atoms with van der Waals surface area (Å²) in [7, 11) is 0. The second-order valence-corrected chi connectivity index (χ2v) is 6.73. The van der Waals surface area contributed by atoms with E-state index < -0.39 is 0 Å². The van der Waals surface area contributed by atoms with E-state index in [0.29, 0.717) is 35.4 Å². The van der Waals surface area contributed by atoms with Gasteiger partial charge in [-0.1, -0.05) is 6.92 Å². The van der Waals surface area contributed by atoms with Crippen LogP contribution >= 0.6 is 0 Å². The molecule has 3 aromatic rings. The van der Waals surface area contributed by atoms with Gasteiger partial charge >= 0.3 is 0 Å². The van der Waals surface area contributed by atoms with E-state index in [9.17, 15) is 9.59 Å². The maximum atomic E-state index is 11.6. The number of pyridine rings is 2. The van der Waals surface area contributed by atoms with Crippen molar-refractivity contribution in [3.05, 3.63) is 36.4 Å². The lowest BCUT2D eigenvalue weighted by Gasteiger charge is -2.22. The third kappa shape index (κ3) is 3.50. The molecule has 1 amide bonds. The Bertz CT molecular complexity index is 1020. The van der Waals surface area contributed by atoms with Gasteiger partial charge in [-0.25, -0.2) is 9.67 Å². The number of hydrogen-bond donors (Lipinski definition) is 1. The van der Waals surface area contributed by atoms with Crippen molar-refractivity contribution in [2.24, 2.45) is 0 Å². The van der Waals surface area contributed by atoms with E-state index in [4.69, 9.17) is 4.74 Å². The number of carbonyl (C=O) groups excluding carboxylic acids is 2. The molecule has 1 aliphatic rings. The lowest BCUT2D eigenvalue weighted by Crippen LogP contribution is -2.19. The molecule has 0 radical (unpaired) electrons. The summed E-state index contributed by atoms with van der Waals surface area (Å²) in [5, 5.41) is 7.89. The Labute approximate surface area is 161 Å². The largest absolute Gasteiger partial charge is 0.356 e. The first-order chi connectivity index (χ1) is 13.7. The van der Waals surface area contributed by atoms with Gasteiger partial charge in [-0.15, -0.1) is 0 Å². The Balaban J connectivity index is 1.73. The number of nitrogens with one attached hydrogen (secondary N) is 1. The fourth-order valence-corrected chi connectivity index (χ4v) is 3.32. The summed E-state index contributed by atoms with van der Waals surface area (Å²) in [5.41, 5.74) is 3.16. The van der Waals surface area contributed by atoms with Gasteiger partial charge < -0.3 is 10.1 Å². The van der Waals surface area contributed by atoms with E-state index in [2.05, 4.69) is 20.4 Å². The first-order valence-electron chi connectivity index (χ1n) is 9.40. The molecule has 4 heterocycles. The second kappa shape index (κ2) is 7.85. The molecule has 0 aromatic carbocycles. The number of nitrogens with zero attached hydrogens (tertiary/aromatic N) is 4. The Morgan fingerprint density at radius 3 is 2.89 bits per heavy atom. The smallest absolute Gasteiger partial charge is 0.224 e. The van der Waals surface area contributed by atoms with Crippen molar-refractivity contribution >= 4 is 28.9 Å². The number of rotatable bonds is 5. The maximum absolute atomic E-state index is 11.6. The number of fused-ring (bicyclic) bond motifs is 1. The summed E-state index contributed by atoms with van der Waals surface area (Å²) in [6, 6.07) is 3.71. The summed E-state index contributed by atoms with van der Waals surface area (Å²) >= 11 is 0. The van der Waals surface area contributed by atoms with Crippen LogP contribution in [0.3, 0.4) is 0 Å². The van der Waals surface area contributed by atoms with Crippen molar-refractivity contribution < 1.29 is 14.3 Å². The van der Waals surface area contributed by atoms with E-state index in [1.54, 1.807) is 30.2 Å². The molecule has 0 bridgehead atoms. The first-order valence-corrected chi connectivity index (χ1v) is 9.40. The van der Waals surface area contributed by atoms with Crippen LogP contribution < -0.4 is 5.32 Å². The predicted octanol–water partition coefficient (Wildman–Crippen LogP) is 3.35. The van der Waals surface area contributed by atoms with Crippen LogP contribution in [0.4, 0.5) is 5.69 Å². The molecule has 1 saturated heterocycles. The summed E-state index contributed by atoms with van der Waals surface area (Å²) in [6.45, 7) is 2.47. The standard InChI is InChI=1S/C20H21N5O3/c1-2-18(27)23-15-7-13(9-21-11-15)14-8-16-17(12-26)24-25(20(16)22-10-14)19-5-3-4-6-28-19/h7-12,19H,2-6H2,1H3,(H,23,27). The Morgan fingerprint density at radius 2 is 2.14 bits per heavy atom. The van der Waals surface area contributed by atoms with Gasteiger partial charge in [0.15, 0.2) is 18.2 Å². The third-order valence-corrected chi connectivity index (χ3v) is 4.79. The van der Waals surface area contributed by atoms with Gasteiger partial charge in [0.05, 0.1) is 17.3 Å². The highest BCUT2D eigenvalue weighted by Gasteiger charge is 2.22. The average Bonchev–Trinajstić information content (AvgIpc) is 3.12. The van der Waals surface area contributed by atoms with Crippen molar-refractivity contribution in [3.63, 3.8) is 0 Å². The number of carbonyl (C=O) groups is 2. The van der Waals surface area contributed by atoms with Crippen molar-refractivity contribution in [2.75, 3.05) is 11.9 Å². The number of amides is 1. The summed E-state index contributed by atoms with van der Waals surface area (Å²) < 4.78 is 7.51. The number of ether oxygens (including phenoxy) is 1. The molecule has 0 saturated carbocycles. The number of aldehydes is 1. The molecule has 28 heavy (non-hydrogen) atoms. The SMILES string of the molecule is CCC(=O)Nc1cncc(-c2cnc3c(c2)c(C=O)nn3C2CCCCO2)c1. The predicted molar refractivity (Wildman–Crippen MR) is 104 cm³/mol. The molecule has 0 aliphatic carbocycles.